The van der Waals surface area contributed by atoms with Gasteiger partial charge in [-0.05, 0) is 54.8 Å². The largest absolute Gasteiger partial charge is 0.497 e. The summed E-state index contributed by atoms with van der Waals surface area (Å²) >= 11 is 0. The van der Waals surface area contributed by atoms with E-state index in [-0.39, 0.29) is 6.04 Å². The van der Waals surface area contributed by atoms with Gasteiger partial charge in [0.1, 0.15) is 18.1 Å². The molecule has 4 rings (SSSR count). The maximum absolute atomic E-state index is 6.26. The Morgan fingerprint density at radius 3 is 2.79 bits per heavy atom. The van der Waals surface area contributed by atoms with Crippen molar-refractivity contribution in [3.63, 3.8) is 0 Å². The molecule has 0 spiro atoms. The van der Waals surface area contributed by atoms with Gasteiger partial charge in [-0.25, -0.2) is 0 Å². The first-order chi connectivity index (χ1) is 14.1. The van der Waals surface area contributed by atoms with Crippen LogP contribution in [0.15, 0.2) is 60.9 Å². The van der Waals surface area contributed by atoms with Crippen LogP contribution in [-0.4, -0.2) is 34.9 Å². The molecule has 2 aromatic heterocycles. The second-order valence-electron chi connectivity index (χ2n) is 7.11. The van der Waals surface area contributed by atoms with Gasteiger partial charge in [0.15, 0.2) is 0 Å². The summed E-state index contributed by atoms with van der Waals surface area (Å²) in [5.74, 6) is 1.53. The maximum Gasteiger partial charge on any atom is 0.138 e. The lowest BCUT2D eigenvalue weighted by molar-refractivity contribution is 0.286. The monoisotopic (exact) mass is 388 g/mol. The number of hydrogen-bond acceptors (Lipinski definition) is 5. The molecule has 0 saturated carbocycles. The van der Waals surface area contributed by atoms with Gasteiger partial charge in [0, 0.05) is 23.2 Å². The molecule has 148 valence electrons. The van der Waals surface area contributed by atoms with Gasteiger partial charge in [-0.15, -0.1) is 0 Å². The van der Waals surface area contributed by atoms with Gasteiger partial charge in [-0.1, -0.05) is 18.2 Å². The summed E-state index contributed by atoms with van der Waals surface area (Å²) in [4.78, 5) is 4.33. The Labute approximate surface area is 169 Å². The lowest BCUT2D eigenvalue weighted by Crippen LogP contribution is -2.30. The van der Waals surface area contributed by atoms with E-state index in [1.807, 2.05) is 49.5 Å². The summed E-state index contributed by atoms with van der Waals surface area (Å²) in [6.45, 7) is 2.40. The number of aromatic nitrogens is 3. The Hall–Kier alpha value is -3.38. The number of nitrogens with one attached hydrogen (secondary N) is 1. The second kappa shape index (κ2) is 8.32. The van der Waals surface area contributed by atoms with Crippen molar-refractivity contribution >= 4 is 10.9 Å². The molecule has 6 heteroatoms. The van der Waals surface area contributed by atoms with E-state index in [9.17, 15) is 0 Å². The Bertz CT molecular complexity index is 1120. The summed E-state index contributed by atoms with van der Waals surface area (Å²) in [6.07, 6.45) is 4.25. The van der Waals surface area contributed by atoms with Crippen molar-refractivity contribution < 1.29 is 9.47 Å². The fourth-order valence-corrected chi connectivity index (χ4v) is 3.34. The molecule has 0 unspecified atom stereocenters. The molecule has 2 aromatic carbocycles. The van der Waals surface area contributed by atoms with E-state index < -0.39 is 0 Å². The maximum atomic E-state index is 6.26. The predicted molar refractivity (Wildman–Crippen MR) is 114 cm³/mol. The Morgan fingerprint density at radius 1 is 1.03 bits per heavy atom. The van der Waals surface area contributed by atoms with Crippen molar-refractivity contribution in [3.8, 4) is 22.6 Å². The van der Waals surface area contributed by atoms with Crippen LogP contribution < -0.4 is 15.2 Å². The Kier molecular flexibility index (Phi) is 5.44. The van der Waals surface area contributed by atoms with E-state index >= 15 is 0 Å². The number of nitrogens with zero attached hydrogens (tertiary/aromatic N) is 2. The number of benzene rings is 2. The van der Waals surface area contributed by atoms with E-state index in [1.165, 1.54) is 0 Å². The first-order valence-corrected chi connectivity index (χ1v) is 9.54. The van der Waals surface area contributed by atoms with Crippen LogP contribution in [0.2, 0.25) is 0 Å². The van der Waals surface area contributed by atoms with Gasteiger partial charge in [-0.3, -0.25) is 10.1 Å². The average Bonchev–Trinajstić information content (AvgIpc) is 3.13. The van der Waals surface area contributed by atoms with Crippen molar-refractivity contribution in [2.75, 3.05) is 13.7 Å². The van der Waals surface area contributed by atoms with Crippen LogP contribution in [0.25, 0.3) is 22.0 Å². The number of aryl methyl sites for hydroxylation is 1. The molecule has 0 aliphatic rings. The lowest BCUT2D eigenvalue weighted by atomic mass is 10.0. The van der Waals surface area contributed by atoms with E-state index in [1.54, 1.807) is 13.3 Å². The molecule has 0 bridgehead atoms. The van der Waals surface area contributed by atoms with Crippen molar-refractivity contribution in [1.29, 1.82) is 0 Å². The van der Waals surface area contributed by atoms with Crippen molar-refractivity contribution in [2.24, 2.45) is 5.73 Å². The highest BCUT2D eigenvalue weighted by atomic mass is 16.5. The first kappa shape index (κ1) is 19.0. The molecule has 29 heavy (non-hydrogen) atoms. The van der Waals surface area contributed by atoms with Gasteiger partial charge in [0.2, 0.25) is 0 Å². The van der Waals surface area contributed by atoms with Crippen LogP contribution in [0, 0.1) is 6.92 Å². The van der Waals surface area contributed by atoms with Crippen molar-refractivity contribution in [2.45, 2.75) is 19.4 Å². The van der Waals surface area contributed by atoms with Gasteiger partial charge >= 0.3 is 0 Å². The van der Waals surface area contributed by atoms with E-state index in [0.717, 1.165) is 39.0 Å². The first-order valence-electron chi connectivity index (χ1n) is 9.54. The van der Waals surface area contributed by atoms with Crippen molar-refractivity contribution in [3.05, 3.63) is 72.2 Å². The highest BCUT2D eigenvalue weighted by Crippen LogP contribution is 2.27. The van der Waals surface area contributed by atoms with Crippen LogP contribution in [-0.2, 0) is 6.42 Å². The molecule has 3 N–H and O–H groups in total. The third-order valence-electron chi connectivity index (χ3n) is 4.90. The normalized spacial score (nSPS) is 12.1. The molecule has 1 atom stereocenters. The SMILES string of the molecule is COc1cccc(C[C@H](N)COc2cncc(-c3ccc4[nH]nc(C)c4c3)c2)c1. The Morgan fingerprint density at radius 2 is 1.93 bits per heavy atom. The van der Waals surface area contributed by atoms with Crippen molar-refractivity contribution in [1.82, 2.24) is 15.2 Å². The quantitative estimate of drug-likeness (QED) is 0.502. The zero-order valence-corrected chi connectivity index (χ0v) is 16.6. The number of H-pyrrole nitrogens is 1. The molecule has 0 fully saturated rings. The van der Waals surface area contributed by atoms with Crippen LogP contribution >= 0.6 is 0 Å². The van der Waals surface area contributed by atoms with Gasteiger partial charge in [0.25, 0.3) is 0 Å². The number of hydrogen-bond donors (Lipinski definition) is 2. The number of aromatic amines is 1. The third-order valence-corrected chi connectivity index (χ3v) is 4.90. The summed E-state index contributed by atoms with van der Waals surface area (Å²) in [6, 6.07) is 16.0. The fraction of sp³-hybridized carbons (Fsp3) is 0.217. The van der Waals surface area contributed by atoms with Crippen LogP contribution in [0.1, 0.15) is 11.3 Å². The number of ether oxygens (including phenoxy) is 2. The van der Waals surface area contributed by atoms with Crippen LogP contribution in [0.5, 0.6) is 11.5 Å². The Balaban J connectivity index is 1.43. The molecule has 0 saturated heterocycles. The number of rotatable bonds is 7. The predicted octanol–water partition coefficient (Wildman–Crippen LogP) is 3.89. The topological polar surface area (TPSA) is 86.0 Å². The molecule has 2 heterocycles. The number of pyridine rings is 1. The minimum atomic E-state index is -0.129. The highest BCUT2D eigenvalue weighted by molar-refractivity contribution is 5.86. The molecule has 4 aromatic rings. The zero-order chi connectivity index (χ0) is 20.2. The third kappa shape index (κ3) is 4.38. The number of nitrogens with two attached hydrogens (primary N) is 1. The zero-order valence-electron chi connectivity index (χ0n) is 16.6. The van der Waals surface area contributed by atoms with E-state index in [2.05, 4.69) is 27.3 Å². The van der Waals surface area contributed by atoms with Crippen LogP contribution in [0.3, 0.4) is 0 Å². The minimum absolute atomic E-state index is 0.129. The highest BCUT2D eigenvalue weighted by Gasteiger charge is 2.09. The minimum Gasteiger partial charge on any atom is -0.497 e. The smallest absolute Gasteiger partial charge is 0.138 e. The summed E-state index contributed by atoms with van der Waals surface area (Å²) < 4.78 is 11.2. The number of fused-ring (bicyclic) bond motifs is 1. The van der Waals surface area contributed by atoms with Gasteiger partial charge in [-0.2, -0.15) is 5.10 Å². The molecule has 0 aliphatic heterocycles. The summed E-state index contributed by atoms with van der Waals surface area (Å²) in [5, 5.41) is 8.39. The molecule has 0 aliphatic carbocycles. The average molecular weight is 388 g/mol. The van der Waals surface area contributed by atoms with Gasteiger partial charge in [0.05, 0.1) is 24.5 Å². The molecule has 0 radical (unpaired) electrons. The molecule has 0 amide bonds. The van der Waals surface area contributed by atoms with E-state index in [4.69, 9.17) is 15.2 Å². The molecular formula is C23H24N4O2. The molecular weight excluding hydrogens is 364 g/mol. The standard InChI is InChI=1S/C23H24N4O2/c1-15-22-11-17(6-7-23(22)27-26-15)18-10-21(13-25-12-18)29-14-19(24)8-16-4-3-5-20(9-16)28-2/h3-7,9-13,19H,8,14,24H2,1-2H3,(H,26,27)/t19-/m0/s1. The fourth-order valence-electron chi connectivity index (χ4n) is 3.34. The second-order valence-corrected chi connectivity index (χ2v) is 7.11. The number of methoxy groups -OCH3 is 1. The summed E-state index contributed by atoms with van der Waals surface area (Å²) in [7, 11) is 1.66. The summed E-state index contributed by atoms with van der Waals surface area (Å²) in [5.41, 5.74) is 11.4. The molecule has 6 nitrogen and oxygen atoms in total. The lowest BCUT2D eigenvalue weighted by Gasteiger charge is -2.14. The van der Waals surface area contributed by atoms with Gasteiger partial charge < -0.3 is 15.2 Å². The van der Waals surface area contributed by atoms with Crippen LogP contribution in [0.4, 0.5) is 0 Å². The van der Waals surface area contributed by atoms with E-state index in [0.29, 0.717) is 18.8 Å².